The minimum atomic E-state index is -0.489. The van der Waals surface area contributed by atoms with Crippen LogP contribution in [0.25, 0.3) is 0 Å². The Morgan fingerprint density at radius 3 is 2.84 bits per heavy atom. The van der Waals surface area contributed by atoms with Crippen molar-refractivity contribution in [1.29, 1.82) is 0 Å². The summed E-state index contributed by atoms with van der Waals surface area (Å²) in [6.45, 7) is 6.60. The first-order valence-electron chi connectivity index (χ1n) is 7.86. The highest BCUT2D eigenvalue weighted by atomic mass is 32.2. The van der Waals surface area contributed by atoms with Gasteiger partial charge in [0.05, 0.1) is 22.9 Å². The molecule has 2 aromatic rings. The molecular weight excluding hydrogens is 362 g/mol. The summed E-state index contributed by atoms with van der Waals surface area (Å²) in [4.78, 5) is 27.6. The number of carbonyl (C=O) groups is 2. The van der Waals surface area contributed by atoms with E-state index in [1.165, 1.54) is 0 Å². The number of aromatic nitrogens is 3. The number of urea groups is 1. The minimum Gasteiger partial charge on any atom is -0.416 e. The SMILES string of the molecule is Cc1nc(Cc2nnc(SCC(=O)NC(=O)NCCC(C)C)o2)cs1. The van der Waals surface area contributed by atoms with Gasteiger partial charge in [-0.1, -0.05) is 25.6 Å². The zero-order chi connectivity index (χ0) is 18.2. The van der Waals surface area contributed by atoms with Gasteiger partial charge < -0.3 is 9.73 Å². The van der Waals surface area contributed by atoms with E-state index in [0.29, 0.717) is 24.8 Å². The van der Waals surface area contributed by atoms with Crippen LogP contribution >= 0.6 is 23.1 Å². The number of nitrogens with zero attached hydrogens (tertiary/aromatic N) is 3. The molecule has 0 aliphatic carbocycles. The van der Waals surface area contributed by atoms with Crippen molar-refractivity contribution in [2.75, 3.05) is 12.3 Å². The first-order chi connectivity index (χ1) is 11.9. The van der Waals surface area contributed by atoms with Crippen LogP contribution < -0.4 is 10.6 Å². The van der Waals surface area contributed by atoms with Gasteiger partial charge in [0.15, 0.2) is 0 Å². The number of carbonyl (C=O) groups excluding carboxylic acids is 2. The van der Waals surface area contributed by atoms with Crippen molar-refractivity contribution in [1.82, 2.24) is 25.8 Å². The van der Waals surface area contributed by atoms with Crippen molar-refractivity contribution in [3.63, 3.8) is 0 Å². The molecule has 2 N–H and O–H groups in total. The molecule has 8 nitrogen and oxygen atoms in total. The van der Waals surface area contributed by atoms with E-state index in [-0.39, 0.29) is 11.0 Å². The molecule has 0 saturated heterocycles. The molecule has 0 atom stereocenters. The second-order valence-corrected chi connectivity index (χ2v) is 7.76. The number of hydrogen-bond acceptors (Lipinski definition) is 8. The van der Waals surface area contributed by atoms with Gasteiger partial charge >= 0.3 is 6.03 Å². The summed E-state index contributed by atoms with van der Waals surface area (Å²) in [6, 6.07) is -0.489. The van der Waals surface area contributed by atoms with Crippen LogP contribution in [0.4, 0.5) is 4.79 Å². The maximum Gasteiger partial charge on any atom is 0.321 e. The molecule has 136 valence electrons. The highest BCUT2D eigenvalue weighted by Gasteiger charge is 2.13. The number of imide groups is 1. The Kier molecular flexibility index (Phi) is 7.38. The van der Waals surface area contributed by atoms with Crippen LogP contribution in [0.15, 0.2) is 15.0 Å². The second-order valence-electron chi connectivity index (χ2n) is 5.77. The lowest BCUT2D eigenvalue weighted by atomic mass is 10.1. The van der Waals surface area contributed by atoms with E-state index in [4.69, 9.17) is 4.42 Å². The molecule has 0 aromatic carbocycles. The lowest BCUT2D eigenvalue weighted by Crippen LogP contribution is -2.40. The number of aryl methyl sites for hydroxylation is 1. The van der Waals surface area contributed by atoms with Crippen molar-refractivity contribution in [3.05, 3.63) is 22.0 Å². The van der Waals surface area contributed by atoms with Gasteiger partial charge in [-0.15, -0.1) is 21.5 Å². The molecule has 2 rings (SSSR count). The Morgan fingerprint density at radius 2 is 2.16 bits per heavy atom. The van der Waals surface area contributed by atoms with Gasteiger partial charge in [0.1, 0.15) is 0 Å². The van der Waals surface area contributed by atoms with Crippen LogP contribution in [0.3, 0.4) is 0 Å². The Hall–Kier alpha value is -1.94. The molecule has 0 fully saturated rings. The third kappa shape index (κ3) is 7.22. The van der Waals surface area contributed by atoms with Gasteiger partial charge in [-0.05, 0) is 19.3 Å². The van der Waals surface area contributed by atoms with E-state index in [0.717, 1.165) is 28.9 Å². The Morgan fingerprint density at radius 1 is 1.36 bits per heavy atom. The topological polar surface area (TPSA) is 110 Å². The van der Waals surface area contributed by atoms with E-state index in [2.05, 4.69) is 39.7 Å². The van der Waals surface area contributed by atoms with Crippen molar-refractivity contribution in [2.45, 2.75) is 38.8 Å². The van der Waals surface area contributed by atoms with Gasteiger partial charge in [0.25, 0.3) is 5.22 Å². The summed E-state index contributed by atoms with van der Waals surface area (Å²) >= 11 is 2.65. The van der Waals surface area contributed by atoms with Crippen LogP contribution in [-0.4, -0.2) is 39.4 Å². The summed E-state index contributed by atoms with van der Waals surface area (Å²) in [7, 11) is 0. The molecular formula is C15H21N5O3S2. The molecule has 0 aliphatic heterocycles. The van der Waals surface area contributed by atoms with Crippen LogP contribution in [-0.2, 0) is 11.2 Å². The first-order valence-corrected chi connectivity index (χ1v) is 9.72. The third-order valence-electron chi connectivity index (χ3n) is 3.03. The van der Waals surface area contributed by atoms with Gasteiger partial charge in [0, 0.05) is 11.9 Å². The summed E-state index contributed by atoms with van der Waals surface area (Å²) < 4.78 is 5.47. The second kappa shape index (κ2) is 9.52. The van der Waals surface area contributed by atoms with Crippen molar-refractivity contribution in [2.24, 2.45) is 5.92 Å². The van der Waals surface area contributed by atoms with Crippen molar-refractivity contribution < 1.29 is 14.0 Å². The summed E-state index contributed by atoms with van der Waals surface area (Å²) in [5.74, 6) is 0.544. The lowest BCUT2D eigenvalue weighted by molar-refractivity contribution is -0.117. The average molecular weight is 383 g/mol. The normalized spacial score (nSPS) is 10.9. The molecule has 0 spiro atoms. The molecule has 0 radical (unpaired) electrons. The van der Waals surface area contributed by atoms with Gasteiger partial charge in [0.2, 0.25) is 11.8 Å². The zero-order valence-electron chi connectivity index (χ0n) is 14.4. The molecule has 3 amide bonds. The predicted molar refractivity (Wildman–Crippen MR) is 95.7 cm³/mol. The molecule has 2 heterocycles. The number of amides is 3. The Balaban J connectivity index is 1.70. The molecule has 25 heavy (non-hydrogen) atoms. The third-order valence-corrected chi connectivity index (χ3v) is 4.67. The first kappa shape index (κ1) is 19.4. The highest BCUT2D eigenvalue weighted by molar-refractivity contribution is 7.99. The summed E-state index contributed by atoms with van der Waals surface area (Å²) in [5.41, 5.74) is 0.874. The summed E-state index contributed by atoms with van der Waals surface area (Å²) in [5, 5.41) is 15.9. The highest BCUT2D eigenvalue weighted by Crippen LogP contribution is 2.18. The van der Waals surface area contributed by atoms with Gasteiger partial charge in [-0.3, -0.25) is 10.1 Å². The molecule has 0 unspecified atom stereocenters. The van der Waals surface area contributed by atoms with Gasteiger partial charge in [-0.25, -0.2) is 9.78 Å². The molecule has 10 heteroatoms. The molecule has 0 bridgehead atoms. The number of thiazole rings is 1. The van der Waals surface area contributed by atoms with E-state index in [1.807, 2.05) is 12.3 Å². The number of rotatable bonds is 8. The van der Waals surface area contributed by atoms with Crippen LogP contribution in [0.1, 0.15) is 36.9 Å². The fourth-order valence-electron chi connectivity index (χ4n) is 1.82. The standard InChI is InChI=1S/C15H21N5O3S2/c1-9(2)4-5-16-14(22)18-12(21)8-25-15-20-19-13(23-15)6-11-7-24-10(3)17-11/h7,9H,4-6,8H2,1-3H3,(H2,16,18,21,22). The van der Waals surface area contributed by atoms with Crippen LogP contribution in [0, 0.1) is 12.8 Å². The maximum atomic E-state index is 11.7. The monoisotopic (exact) mass is 383 g/mol. The minimum absolute atomic E-state index is 0.0229. The smallest absolute Gasteiger partial charge is 0.321 e. The number of hydrogen-bond donors (Lipinski definition) is 2. The zero-order valence-corrected chi connectivity index (χ0v) is 16.0. The van der Waals surface area contributed by atoms with Crippen molar-refractivity contribution >= 4 is 35.0 Å². The van der Waals surface area contributed by atoms with E-state index in [9.17, 15) is 9.59 Å². The Labute approximate surface area is 154 Å². The molecule has 0 aliphatic rings. The van der Waals surface area contributed by atoms with E-state index in [1.54, 1.807) is 11.3 Å². The van der Waals surface area contributed by atoms with Crippen LogP contribution in [0.5, 0.6) is 0 Å². The van der Waals surface area contributed by atoms with E-state index >= 15 is 0 Å². The predicted octanol–water partition coefficient (Wildman–Crippen LogP) is 2.39. The van der Waals surface area contributed by atoms with E-state index < -0.39 is 11.9 Å². The largest absolute Gasteiger partial charge is 0.416 e. The molecule has 0 saturated carbocycles. The fourth-order valence-corrected chi connectivity index (χ4v) is 3.01. The summed E-state index contributed by atoms with van der Waals surface area (Å²) in [6.07, 6.45) is 1.32. The lowest BCUT2D eigenvalue weighted by Gasteiger charge is -2.07. The fraction of sp³-hybridized carbons (Fsp3) is 0.533. The van der Waals surface area contributed by atoms with Crippen LogP contribution in [0.2, 0.25) is 0 Å². The molecule has 2 aromatic heterocycles. The quantitative estimate of drug-likeness (QED) is 0.673. The van der Waals surface area contributed by atoms with Crippen molar-refractivity contribution in [3.8, 4) is 0 Å². The van der Waals surface area contributed by atoms with Gasteiger partial charge in [-0.2, -0.15) is 0 Å². The average Bonchev–Trinajstić information content (AvgIpc) is 3.14. The number of nitrogens with one attached hydrogen (secondary N) is 2. The maximum absolute atomic E-state index is 11.7. The number of thioether (sulfide) groups is 1. The Bertz CT molecular complexity index is 714.